The first kappa shape index (κ1) is 18.3. The fourth-order valence-electron chi connectivity index (χ4n) is 1.51. The summed E-state index contributed by atoms with van der Waals surface area (Å²) in [5.41, 5.74) is 10.7. The minimum absolute atomic E-state index is 0.0165. The summed E-state index contributed by atoms with van der Waals surface area (Å²) in [7, 11) is 0. The van der Waals surface area contributed by atoms with Crippen LogP contribution in [0.25, 0.3) is 0 Å². The molecule has 0 fully saturated rings. The molecule has 3 atom stereocenters. The van der Waals surface area contributed by atoms with Crippen LogP contribution in [0.15, 0.2) is 4.52 Å². The first-order valence-electron chi connectivity index (χ1n) is 6.52. The topological polar surface area (TPSA) is 207 Å². The number of aliphatic hydroxyl groups is 1. The van der Waals surface area contributed by atoms with Crippen molar-refractivity contribution in [2.45, 2.75) is 31.5 Å². The number of primary amides is 1. The number of carboxylic acid groups (broad SMARTS) is 1. The number of nitrogens with one attached hydrogen (secondary N) is 2. The van der Waals surface area contributed by atoms with Gasteiger partial charge in [-0.05, 0) is 6.92 Å². The van der Waals surface area contributed by atoms with E-state index in [0.29, 0.717) is 0 Å². The average Bonchev–Trinajstić information content (AvgIpc) is 2.92. The van der Waals surface area contributed by atoms with E-state index in [2.05, 4.69) is 15.5 Å². The van der Waals surface area contributed by atoms with E-state index in [4.69, 9.17) is 21.1 Å². The summed E-state index contributed by atoms with van der Waals surface area (Å²) in [4.78, 5) is 36.9. The Balaban J connectivity index is 2.83. The third kappa shape index (κ3) is 5.88. The van der Waals surface area contributed by atoms with E-state index in [1.54, 1.807) is 0 Å². The minimum Gasteiger partial charge on any atom is -0.480 e. The molecule has 1 aromatic rings. The molecule has 0 radical (unpaired) electrons. The lowest BCUT2D eigenvalue weighted by atomic mass is 10.2. The highest BCUT2D eigenvalue weighted by Gasteiger charge is 2.26. The lowest BCUT2D eigenvalue weighted by molar-refractivity contribution is -0.135. The van der Waals surface area contributed by atoms with E-state index < -0.39 is 42.6 Å². The van der Waals surface area contributed by atoms with Gasteiger partial charge in [0.15, 0.2) is 5.82 Å². The highest BCUT2D eigenvalue weighted by atomic mass is 16.5. The fourth-order valence-corrected chi connectivity index (χ4v) is 1.51. The number of aromatic nitrogens is 2. The maximum Gasteiger partial charge on any atom is 0.323 e. The number of aliphatic carboxylic acids is 1. The number of rotatable bonds is 8. The SMILES string of the molecule is CC(O)C(N)c1noc(C(CC(N)=O)NC(=O)NCC(=O)O)n1. The van der Waals surface area contributed by atoms with Crippen LogP contribution < -0.4 is 22.1 Å². The van der Waals surface area contributed by atoms with Crippen LogP contribution >= 0.6 is 0 Å². The molecule has 0 aliphatic rings. The Morgan fingerprint density at radius 1 is 1.39 bits per heavy atom. The third-order valence-corrected chi connectivity index (χ3v) is 2.68. The number of carboxylic acids is 1. The molecule has 1 aromatic heterocycles. The van der Waals surface area contributed by atoms with Gasteiger partial charge in [-0.3, -0.25) is 9.59 Å². The molecule has 0 aliphatic heterocycles. The molecule has 1 rings (SSSR count). The van der Waals surface area contributed by atoms with Crippen molar-refractivity contribution in [1.29, 1.82) is 0 Å². The normalized spacial score (nSPS) is 14.6. The van der Waals surface area contributed by atoms with Crippen LogP contribution in [0, 0.1) is 0 Å². The molecule has 0 aromatic carbocycles. The third-order valence-electron chi connectivity index (χ3n) is 2.68. The summed E-state index contributed by atoms with van der Waals surface area (Å²) in [6.45, 7) is 0.816. The Morgan fingerprint density at radius 3 is 2.57 bits per heavy atom. The van der Waals surface area contributed by atoms with Crippen LogP contribution in [0.1, 0.15) is 37.1 Å². The maximum atomic E-state index is 11.6. The first-order valence-corrected chi connectivity index (χ1v) is 6.52. The molecular weight excluding hydrogens is 312 g/mol. The molecule has 3 amide bonds. The van der Waals surface area contributed by atoms with Crippen molar-refractivity contribution >= 4 is 17.9 Å². The molecule has 1 heterocycles. The maximum absolute atomic E-state index is 11.6. The second-order valence-electron chi connectivity index (χ2n) is 4.70. The molecule has 12 nitrogen and oxygen atoms in total. The van der Waals surface area contributed by atoms with Crippen molar-refractivity contribution in [2.75, 3.05) is 6.54 Å². The summed E-state index contributed by atoms with van der Waals surface area (Å²) in [5.74, 6) is -2.17. The molecule has 0 spiro atoms. The number of nitrogens with two attached hydrogens (primary N) is 2. The number of urea groups is 1. The average molecular weight is 330 g/mol. The molecule has 12 heteroatoms. The van der Waals surface area contributed by atoms with Crippen molar-refractivity contribution in [3.8, 4) is 0 Å². The van der Waals surface area contributed by atoms with Crippen molar-refractivity contribution in [3.63, 3.8) is 0 Å². The van der Waals surface area contributed by atoms with Gasteiger partial charge in [-0.1, -0.05) is 5.16 Å². The standard InChI is InChI=1S/C11H18N6O6/c1-4(18)8(13)9-16-10(23-17-9)5(2-6(12)19)15-11(22)14-3-7(20)21/h4-5,8,18H,2-3,13H2,1H3,(H2,12,19)(H,20,21)(H2,14,15,22). The van der Waals surface area contributed by atoms with Gasteiger partial charge in [0.2, 0.25) is 11.8 Å². The molecule has 0 bridgehead atoms. The van der Waals surface area contributed by atoms with Crippen LogP contribution in [-0.4, -0.2) is 50.9 Å². The summed E-state index contributed by atoms with van der Waals surface area (Å²) >= 11 is 0. The number of amides is 3. The fraction of sp³-hybridized carbons (Fsp3) is 0.545. The van der Waals surface area contributed by atoms with Gasteiger partial charge in [-0.15, -0.1) is 0 Å². The Hall–Kier alpha value is -2.73. The number of carbonyl (C=O) groups is 3. The van der Waals surface area contributed by atoms with Crippen molar-refractivity contribution < 1.29 is 29.1 Å². The quantitative estimate of drug-likeness (QED) is 0.304. The molecule has 23 heavy (non-hydrogen) atoms. The number of carbonyl (C=O) groups excluding carboxylic acids is 2. The summed E-state index contributed by atoms with van der Waals surface area (Å²) in [5, 5.41) is 25.8. The van der Waals surface area contributed by atoms with Gasteiger partial charge in [0, 0.05) is 0 Å². The van der Waals surface area contributed by atoms with E-state index >= 15 is 0 Å². The second kappa shape index (κ2) is 8.05. The largest absolute Gasteiger partial charge is 0.480 e. The number of hydrogen-bond acceptors (Lipinski definition) is 8. The van der Waals surface area contributed by atoms with Gasteiger partial charge in [0.05, 0.1) is 18.6 Å². The summed E-state index contributed by atoms with van der Waals surface area (Å²) in [6, 6.07) is -2.84. The van der Waals surface area contributed by atoms with Gasteiger partial charge in [0.1, 0.15) is 12.6 Å². The molecule has 0 saturated carbocycles. The molecular formula is C11H18N6O6. The van der Waals surface area contributed by atoms with E-state index in [0.717, 1.165) is 0 Å². The summed E-state index contributed by atoms with van der Waals surface area (Å²) < 4.78 is 4.91. The highest BCUT2D eigenvalue weighted by molar-refractivity contribution is 5.81. The van der Waals surface area contributed by atoms with E-state index in [1.807, 2.05) is 5.32 Å². The Kier molecular flexibility index (Phi) is 6.41. The van der Waals surface area contributed by atoms with Crippen LogP contribution in [0.3, 0.4) is 0 Å². The smallest absolute Gasteiger partial charge is 0.323 e. The van der Waals surface area contributed by atoms with E-state index in [9.17, 15) is 19.5 Å². The van der Waals surface area contributed by atoms with Gasteiger partial charge >= 0.3 is 12.0 Å². The molecule has 3 unspecified atom stereocenters. The van der Waals surface area contributed by atoms with Gasteiger partial charge < -0.3 is 36.8 Å². The first-order chi connectivity index (χ1) is 10.7. The lowest BCUT2D eigenvalue weighted by Crippen LogP contribution is -2.41. The predicted molar refractivity (Wildman–Crippen MR) is 73.6 cm³/mol. The van der Waals surface area contributed by atoms with Gasteiger partial charge in [0.25, 0.3) is 0 Å². The van der Waals surface area contributed by atoms with Crippen molar-refractivity contribution in [3.05, 3.63) is 11.7 Å². The van der Waals surface area contributed by atoms with Crippen LogP contribution in [0.4, 0.5) is 4.79 Å². The summed E-state index contributed by atoms with van der Waals surface area (Å²) in [6.07, 6.45) is -1.30. The zero-order chi connectivity index (χ0) is 17.6. The molecule has 8 N–H and O–H groups in total. The highest BCUT2D eigenvalue weighted by Crippen LogP contribution is 2.17. The van der Waals surface area contributed by atoms with Crippen LogP contribution in [0.5, 0.6) is 0 Å². The van der Waals surface area contributed by atoms with Crippen molar-refractivity contribution in [2.24, 2.45) is 11.5 Å². The minimum atomic E-state index is -1.24. The van der Waals surface area contributed by atoms with E-state index in [1.165, 1.54) is 6.92 Å². The predicted octanol–water partition coefficient (Wildman–Crippen LogP) is -2.25. The lowest BCUT2D eigenvalue weighted by Gasteiger charge is -2.13. The van der Waals surface area contributed by atoms with Gasteiger partial charge in [-0.2, -0.15) is 4.98 Å². The van der Waals surface area contributed by atoms with Crippen LogP contribution in [0.2, 0.25) is 0 Å². The van der Waals surface area contributed by atoms with Crippen LogP contribution in [-0.2, 0) is 9.59 Å². The zero-order valence-corrected chi connectivity index (χ0v) is 12.2. The van der Waals surface area contributed by atoms with E-state index in [-0.39, 0.29) is 18.1 Å². The van der Waals surface area contributed by atoms with Crippen molar-refractivity contribution in [1.82, 2.24) is 20.8 Å². The Morgan fingerprint density at radius 2 is 2.04 bits per heavy atom. The monoisotopic (exact) mass is 330 g/mol. The second-order valence-corrected chi connectivity index (χ2v) is 4.70. The molecule has 0 saturated heterocycles. The number of hydrogen-bond donors (Lipinski definition) is 6. The molecule has 128 valence electrons. The number of nitrogens with zero attached hydrogens (tertiary/aromatic N) is 2. The zero-order valence-electron chi connectivity index (χ0n) is 12.2. The molecule has 0 aliphatic carbocycles. The number of aliphatic hydroxyl groups excluding tert-OH is 1. The Bertz CT molecular complexity index is 573. The van der Waals surface area contributed by atoms with Gasteiger partial charge in [-0.25, -0.2) is 4.79 Å². The Labute approximate surface area is 130 Å².